The monoisotopic (exact) mass is 305 g/mol. The Morgan fingerprint density at radius 1 is 1.43 bits per heavy atom. The summed E-state index contributed by atoms with van der Waals surface area (Å²) in [5, 5.41) is 5.65. The van der Waals surface area contributed by atoms with Gasteiger partial charge in [-0.25, -0.2) is 4.98 Å². The van der Waals surface area contributed by atoms with Crippen LogP contribution >= 0.6 is 11.5 Å². The molecule has 1 aliphatic rings. The summed E-state index contributed by atoms with van der Waals surface area (Å²) in [5.74, 6) is -0.0296. The molecule has 0 radical (unpaired) electrons. The second-order valence-electron chi connectivity index (χ2n) is 5.49. The first-order valence-electron chi connectivity index (χ1n) is 7.32. The lowest BCUT2D eigenvalue weighted by Gasteiger charge is -2.33. The van der Waals surface area contributed by atoms with Gasteiger partial charge in [-0.2, -0.15) is 0 Å². The minimum atomic E-state index is -0.0296. The van der Waals surface area contributed by atoms with Gasteiger partial charge in [-0.15, -0.1) is 5.10 Å². The van der Waals surface area contributed by atoms with Gasteiger partial charge < -0.3 is 9.88 Å². The number of nitrogens with one attached hydrogen (secondary N) is 1. The second kappa shape index (κ2) is 6.34. The van der Waals surface area contributed by atoms with Crippen molar-refractivity contribution < 1.29 is 4.79 Å². The van der Waals surface area contributed by atoms with Gasteiger partial charge in [-0.1, -0.05) is 23.8 Å². The van der Waals surface area contributed by atoms with Crippen LogP contribution in [0.3, 0.4) is 0 Å². The largest absolute Gasteiger partial charge is 0.348 e. The van der Waals surface area contributed by atoms with Crippen LogP contribution in [-0.4, -0.2) is 36.4 Å². The van der Waals surface area contributed by atoms with Gasteiger partial charge in [-0.05, 0) is 31.3 Å². The van der Waals surface area contributed by atoms with E-state index in [1.54, 1.807) is 11.7 Å². The number of carbonyl (C=O) groups is 1. The van der Waals surface area contributed by atoms with E-state index in [9.17, 15) is 4.79 Å². The Morgan fingerprint density at radius 2 is 2.24 bits per heavy atom. The summed E-state index contributed by atoms with van der Waals surface area (Å²) in [4.78, 5) is 22.1. The number of aromatic amines is 1. The Bertz CT molecular complexity index is 588. The highest BCUT2D eigenvalue weighted by Crippen LogP contribution is 2.25. The number of H-pyrrole nitrogens is 1. The zero-order valence-corrected chi connectivity index (χ0v) is 12.9. The zero-order valence-electron chi connectivity index (χ0n) is 12.1. The predicted octanol–water partition coefficient (Wildman–Crippen LogP) is 2.54. The third kappa shape index (κ3) is 3.12. The molecule has 0 aliphatic heterocycles. The van der Waals surface area contributed by atoms with Crippen LogP contribution < -0.4 is 0 Å². The van der Waals surface area contributed by atoms with E-state index >= 15 is 0 Å². The van der Waals surface area contributed by atoms with Crippen molar-refractivity contribution in [2.45, 2.75) is 51.6 Å². The predicted molar refractivity (Wildman–Crippen MR) is 80.0 cm³/mol. The number of aryl methyl sites for hydroxylation is 1. The molecule has 3 rings (SSSR count). The third-order valence-corrected chi connectivity index (χ3v) is 4.61. The van der Waals surface area contributed by atoms with Crippen LogP contribution in [-0.2, 0) is 6.54 Å². The third-order valence-electron chi connectivity index (χ3n) is 4.11. The molecule has 0 unspecified atom stereocenters. The number of aromatic nitrogens is 4. The maximum Gasteiger partial charge on any atom is 0.275 e. The van der Waals surface area contributed by atoms with Crippen LogP contribution in [0.5, 0.6) is 0 Å². The second-order valence-corrected chi connectivity index (χ2v) is 6.10. The first-order chi connectivity index (χ1) is 10.3. The first-order valence-corrected chi connectivity index (χ1v) is 8.16. The van der Waals surface area contributed by atoms with Gasteiger partial charge in [0.1, 0.15) is 0 Å². The topological polar surface area (TPSA) is 74.8 Å². The average Bonchev–Trinajstić information content (AvgIpc) is 3.17. The maximum atomic E-state index is 12.7. The van der Waals surface area contributed by atoms with E-state index < -0.39 is 0 Å². The Kier molecular flexibility index (Phi) is 4.28. The van der Waals surface area contributed by atoms with Crippen LogP contribution in [0.15, 0.2) is 11.7 Å². The molecule has 0 aromatic carbocycles. The first kappa shape index (κ1) is 14.2. The molecule has 112 valence electrons. The van der Waals surface area contributed by atoms with Crippen LogP contribution in [0.1, 0.15) is 54.0 Å². The molecule has 1 amide bonds. The molecule has 2 aromatic heterocycles. The molecule has 2 aromatic rings. The van der Waals surface area contributed by atoms with Gasteiger partial charge in [0.25, 0.3) is 5.91 Å². The Morgan fingerprint density at radius 3 is 2.86 bits per heavy atom. The lowest BCUT2D eigenvalue weighted by molar-refractivity contribution is 0.0605. The van der Waals surface area contributed by atoms with Gasteiger partial charge in [0.2, 0.25) is 0 Å². The van der Waals surface area contributed by atoms with Crippen LogP contribution in [0, 0.1) is 6.92 Å². The Balaban J connectivity index is 1.83. The molecule has 1 aliphatic carbocycles. The lowest BCUT2D eigenvalue weighted by Crippen LogP contribution is -2.41. The van der Waals surface area contributed by atoms with Crippen molar-refractivity contribution in [3.8, 4) is 0 Å². The minimum absolute atomic E-state index is 0.0296. The highest BCUT2D eigenvalue weighted by molar-refractivity contribution is 7.03. The van der Waals surface area contributed by atoms with E-state index in [1.807, 2.05) is 11.8 Å². The lowest BCUT2D eigenvalue weighted by atomic mass is 9.93. The fraction of sp³-hybridized carbons (Fsp3) is 0.571. The van der Waals surface area contributed by atoms with Gasteiger partial charge in [-0.3, -0.25) is 4.79 Å². The quantitative estimate of drug-likeness (QED) is 0.942. The zero-order chi connectivity index (χ0) is 14.7. The highest BCUT2D eigenvalue weighted by Gasteiger charge is 2.28. The fourth-order valence-electron chi connectivity index (χ4n) is 2.87. The van der Waals surface area contributed by atoms with E-state index in [-0.39, 0.29) is 11.9 Å². The molecule has 6 nitrogen and oxygen atoms in total. The van der Waals surface area contributed by atoms with Crippen molar-refractivity contribution in [2.24, 2.45) is 0 Å². The van der Waals surface area contributed by atoms with Crippen molar-refractivity contribution >= 4 is 17.4 Å². The van der Waals surface area contributed by atoms with Gasteiger partial charge in [0, 0.05) is 17.1 Å². The van der Waals surface area contributed by atoms with E-state index in [2.05, 4.69) is 19.6 Å². The summed E-state index contributed by atoms with van der Waals surface area (Å²) in [7, 11) is 0. The van der Waals surface area contributed by atoms with Crippen molar-refractivity contribution in [3.05, 3.63) is 28.8 Å². The molecule has 1 saturated carbocycles. The maximum absolute atomic E-state index is 12.7. The van der Waals surface area contributed by atoms with Crippen LogP contribution in [0.4, 0.5) is 0 Å². The fourth-order valence-corrected chi connectivity index (χ4v) is 3.30. The number of imidazole rings is 1. The van der Waals surface area contributed by atoms with Crippen molar-refractivity contribution in [2.75, 3.05) is 0 Å². The molecular formula is C14H19N5OS. The number of nitrogens with zero attached hydrogens (tertiary/aromatic N) is 4. The number of amides is 1. The van der Waals surface area contributed by atoms with E-state index in [4.69, 9.17) is 0 Å². The highest BCUT2D eigenvalue weighted by atomic mass is 32.1. The van der Waals surface area contributed by atoms with Crippen molar-refractivity contribution in [1.82, 2.24) is 24.5 Å². The summed E-state index contributed by atoms with van der Waals surface area (Å²) in [5.41, 5.74) is 2.39. The van der Waals surface area contributed by atoms with E-state index in [0.29, 0.717) is 12.2 Å². The molecule has 0 saturated heterocycles. The van der Waals surface area contributed by atoms with Gasteiger partial charge >= 0.3 is 0 Å². The van der Waals surface area contributed by atoms with E-state index in [1.165, 1.54) is 30.8 Å². The summed E-state index contributed by atoms with van der Waals surface area (Å²) in [6.07, 6.45) is 7.43. The minimum Gasteiger partial charge on any atom is -0.348 e. The summed E-state index contributed by atoms with van der Waals surface area (Å²) >= 11 is 1.21. The standard InChI is InChI=1S/C14H19N5OS/c1-10-12(16-9-15-10)7-19(11-5-3-2-4-6-11)14(20)13-8-21-18-17-13/h8-9,11H,2-7H2,1H3,(H,15,16). The summed E-state index contributed by atoms with van der Waals surface area (Å²) in [6, 6.07) is 0.282. The van der Waals surface area contributed by atoms with Crippen LogP contribution in [0.25, 0.3) is 0 Å². The smallest absolute Gasteiger partial charge is 0.275 e. The van der Waals surface area contributed by atoms with Gasteiger partial charge in [0.05, 0.1) is 18.6 Å². The summed E-state index contributed by atoms with van der Waals surface area (Å²) in [6.45, 7) is 2.52. The molecule has 1 N–H and O–H groups in total. The molecule has 1 fully saturated rings. The molecule has 0 atom stereocenters. The SMILES string of the molecule is Cc1[nH]cnc1CN(C(=O)c1csnn1)C1CCCCC1. The molecule has 21 heavy (non-hydrogen) atoms. The molecular weight excluding hydrogens is 286 g/mol. The van der Waals surface area contributed by atoms with Crippen LogP contribution in [0.2, 0.25) is 0 Å². The average molecular weight is 305 g/mol. The van der Waals surface area contributed by atoms with E-state index in [0.717, 1.165) is 24.2 Å². The number of hydrogen-bond acceptors (Lipinski definition) is 5. The molecule has 0 bridgehead atoms. The Hall–Kier alpha value is -1.76. The molecule has 0 spiro atoms. The Labute approximate surface area is 127 Å². The van der Waals surface area contributed by atoms with Gasteiger partial charge in [0.15, 0.2) is 5.69 Å². The van der Waals surface area contributed by atoms with Crippen molar-refractivity contribution in [3.63, 3.8) is 0 Å². The number of carbonyl (C=O) groups excluding carboxylic acids is 1. The number of hydrogen-bond donors (Lipinski definition) is 1. The molecule has 2 heterocycles. The molecule has 7 heteroatoms. The number of rotatable bonds is 4. The summed E-state index contributed by atoms with van der Waals surface area (Å²) < 4.78 is 3.81. The normalized spacial score (nSPS) is 16.0. The van der Waals surface area contributed by atoms with Crippen molar-refractivity contribution in [1.29, 1.82) is 0 Å².